The second-order valence-corrected chi connectivity index (χ2v) is 4.77. The minimum absolute atomic E-state index is 0.0240. The Morgan fingerprint density at radius 3 is 3.10 bits per heavy atom. The minimum Gasteiger partial charge on any atom is -0.492 e. The van der Waals surface area contributed by atoms with Gasteiger partial charge in [-0.2, -0.15) is 10.2 Å². The number of hydrogen-bond acceptors (Lipinski definition) is 5. The maximum Gasteiger partial charge on any atom is 0.274 e. The summed E-state index contributed by atoms with van der Waals surface area (Å²) in [6.07, 6.45) is 1.60. The van der Waals surface area contributed by atoms with Gasteiger partial charge in [0.1, 0.15) is 24.1 Å². The lowest BCUT2D eigenvalue weighted by Crippen LogP contribution is -2.04. The molecule has 6 nitrogen and oxygen atoms in total. The molecule has 0 saturated heterocycles. The van der Waals surface area contributed by atoms with Gasteiger partial charge in [-0.1, -0.05) is 23.4 Å². The van der Waals surface area contributed by atoms with E-state index in [1.165, 1.54) is 0 Å². The van der Waals surface area contributed by atoms with E-state index >= 15 is 0 Å². The summed E-state index contributed by atoms with van der Waals surface area (Å²) >= 11 is 0. The van der Waals surface area contributed by atoms with Gasteiger partial charge in [-0.25, -0.2) is 0 Å². The third-order valence-electron chi connectivity index (χ3n) is 3.50. The highest BCUT2D eigenvalue weighted by molar-refractivity contribution is 5.52. The van der Waals surface area contributed by atoms with E-state index in [2.05, 4.69) is 21.2 Å². The quantitative estimate of drug-likeness (QED) is 0.778. The van der Waals surface area contributed by atoms with Crippen LogP contribution in [-0.2, 0) is 0 Å². The second-order valence-electron chi connectivity index (χ2n) is 4.77. The molecule has 0 spiro atoms. The molecule has 0 fully saturated rings. The van der Waals surface area contributed by atoms with Gasteiger partial charge in [0, 0.05) is 11.8 Å². The summed E-state index contributed by atoms with van der Waals surface area (Å²) in [6, 6.07) is 11.6. The summed E-state index contributed by atoms with van der Waals surface area (Å²) in [6.45, 7) is 0.506. The van der Waals surface area contributed by atoms with E-state index in [1.807, 2.05) is 24.3 Å². The van der Waals surface area contributed by atoms with Gasteiger partial charge in [0.05, 0.1) is 11.5 Å². The summed E-state index contributed by atoms with van der Waals surface area (Å²) in [4.78, 5) is 7.36. The molecule has 102 valence electrons. The van der Waals surface area contributed by atoms with Crippen molar-refractivity contribution in [2.45, 2.75) is 5.92 Å². The summed E-state index contributed by atoms with van der Waals surface area (Å²) in [5, 5.41) is 12.9. The Hall–Kier alpha value is -3.07. The fourth-order valence-electron chi connectivity index (χ4n) is 2.44. The first-order valence-corrected chi connectivity index (χ1v) is 6.49. The molecular weight excluding hydrogens is 268 g/mol. The van der Waals surface area contributed by atoms with Crippen molar-refractivity contribution >= 4 is 0 Å². The Morgan fingerprint density at radius 2 is 2.24 bits per heavy atom. The molecule has 0 amide bonds. The molecule has 1 aromatic carbocycles. The van der Waals surface area contributed by atoms with Crippen molar-refractivity contribution < 1.29 is 9.26 Å². The zero-order chi connectivity index (χ0) is 14.2. The number of fused-ring (bicyclic) bond motifs is 1. The Kier molecular flexibility index (Phi) is 2.51. The topological polar surface area (TPSA) is 87.7 Å². The summed E-state index contributed by atoms with van der Waals surface area (Å²) in [7, 11) is 0. The Labute approximate surface area is 120 Å². The molecule has 2 aromatic heterocycles. The summed E-state index contributed by atoms with van der Waals surface area (Å²) in [5.74, 6) is 1.79. The fraction of sp³-hybridized carbons (Fsp3) is 0.133. The van der Waals surface area contributed by atoms with Gasteiger partial charge in [0.15, 0.2) is 5.82 Å². The first kappa shape index (κ1) is 11.7. The number of benzene rings is 1. The predicted octanol–water partition coefficient (Wildman–Crippen LogP) is 2.46. The van der Waals surface area contributed by atoms with E-state index in [0.717, 1.165) is 11.3 Å². The zero-order valence-corrected chi connectivity index (χ0v) is 10.9. The molecule has 6 heteroatoms. The van der Waals surface area contributed by atoms with Crippen LogP contribution in [0.2, 0.25) is 0 Å². The van der Waals surface area contributed by atoms with Crippen molar-refractivity contribution in [1.82, 2.24) is 15.1 Å². The van der Waals surface area contributed by atoms with Crippen LogP contribution in [0.25, 0.3) is 11.6 Å². The molecule has 4 rings (SSSR count). The van der Waals surface area contributed by atoms with Gasteiger partial charge in [-0.15, -0.1) is 0 Å². The molecule has 0 saturated carbocycles. The van der Waals surface area contributed by atoms with Crippen molar-refractivity contribution in [2.24, 2.45) is 0 Å². The largest absolute Gasteiger partial charge is 0.492 e. The number of nitrogens with zero attached hydrogens (tertiary/aromatic N) is 3. The summed E-state index contributed by atoms with van der Waals surface area (Å²) < 4.78 is 10.9. The van der Waals surface area contributed by atoms with E-state index in [1.54, 1.807) is 12.3 Å². The molecule has 0 aliphatic carbocycles. The number of para-hydroxylation sites is 1. The number of aromatic nitrogens is 3. The highest BCUT2D eigenvalue weighted by atomic mass is 16.5. The number of rotatable bonds is 2. The first-order chi connectivity index (χ1) is 10.3. The molecular formula is C15H10N4O2. The Morgan fingerprint density at radius 1 is 1.33 bits per heavy atom. The fourth-order valence-corrected chi connectivity index (χ4v) is 2.44. The lowest BCUT2D eigenvalue weighted by atomic mass is 10.0. The normalized spacial score (nSPS) is 16.2. The molecule has 1 unspecified atom stereocenters. The standard InChI is InChI=1S/C15H10N4O2/c16-6-9-5-12(17-7-9)15-18-14(19-21-15)11-8-20-13-4-2-1-3-10(11)13/h1-5,7,11,17H,8H2. The third kappa shape index (κ3) is 1.87. The number of nitriles is 1. The SMILES string of the molecule is N#Cc1c[nH]c(-c2nc(C3COc4ccccc43)no2)c1. The predicted molar refractivity (Wildman–Crippen MR) is 72.6 cm³/mol. The molecule has 1 aliphatic rings. The number of ether oxygens (including phenoxy) is 1. The molecule has 3 aromatic rings. The van der Waals surface area contributed by atoms with Crippen LogP contribution in [0, 0.1) is 11.3 Å². The van der Waals surface area contributed by atoms with Crippen molar-refractivity contribution in [3.8, 4) is 23.4 Å². The van der Waals surface area contributed by atoms with Gasteiger partial charge in [-0.05, 0) is 12.1 Å². The van der Waals surface area contributed by atoms with E-state index in [9.17, 15) is 0 Å². The van der Waals surface area contributed by atoms with Gasteiger partial charge in [-0.3, -0.25) is 0 Å². The number of aromatic amines is 1. The summed E-state index contributed by atoms with van der Waals surface area (Å²) in [5.41, 5.74) is 2.23. The monoisotopic (exact) mass is 278 g/mol. The molecule has 1 N–H and O–H groups in total. The van der Waals surface area contributed by atoms with Gasteiger partial charge >= 0.3 is 0 Å². The number of hydrogen-bond donors (Lipinski definition) is 1. The van der Waals surface area contributed by atoms with Crippen LogP contribution in [0.5, 0.6) is 5.75 Å². The number of H-pyrrole nitrogens is 1. The zero-order valence-electron chi connectivity index (χ0n) is 10.9. The van der Waals surface area contributed by atoms with Gasteiger partial charge < -0.3 is 14.2 Å². The van der Waals surface area contributed by atoms with Crippen LogP contribution in [0.15, 0.2) is 41.1 Å². The van der Waals surface area contributed by atoms with Crippen LogP contribution in [0.4, 0.5) is 0 Å². The highest BCUT2D eigenvalue weighted by Crippen LogP contribution is 2.37. The van der Waals surface area contributed by atoms with Gasteiger partial charge in [0.2, 0.25) is 0 Å². The van der Waals surface area contributed by atoms with Crippen molar-refractivity contribution in [2.75, 3.05) is 6.61 Å². The maximum atomic E-state index is 8.83. The van der Waals surface area contributed by atoms with Crippen LogP contribution >= 0.6 is 0 Å². The van der Waals surface area contributed by atoms with Gasteiger partial charge in [0.25, 0.3) is 5.89 Å². The Balaban J connectivity index is 1.68. The first-order valence-electron chi connectivity index (χ1n) is 6.49. The average Bonchev–Trinajstić information content (AvgIpc) is 3.24. The van der Waals surface area contributed by atoms with Crippen molar-refractivity contribution in [3.63, 3.8) is 0 Å². The van der Waals surface area contributed by atoms with E-state index in [0.29, 0.717) is 29.6 Å². The van der Waals surface area contributed by atoms with E-state index < -0.39 is 0 Å². The average molecular weight is 278 g/mol. The minimum atomic E-state index is -0.0240. The lowest BCUT2D eigenvalue weighted by molar-refractivity contribution is 0.334. The molecule has 0 radical (unpaired) electrons. The van der Waals surface area contributed by atoms with E-state index in [4.69, 9.17) is 14.5 Å². The van der Waals surface area contributed by atoms with Crippen LogP contribution in [0.1, 0.15) is 22.9 Å². The maximum absolute atomic E-state index is 8.83. The molecule has 3 heterocycles. The smallest absolute Gasteiger partial charge is 0.274 e. The van der Waals surface area contributed by atoms with Crippen LogP contribution in [0.3, 0.4) is 0 Å². The lowest BCUT2D eigenvalue weighted by Gasteiger charge is -2.01. The van der Waals surface area contributed by atoms with Crippen molar-refractivity contribution in [1.29, 1.82) is 5.26 Å². The van der Waals surface area contributed by atoms with Crippen molar-refractivity contribution in [3.05, 3.63) is 53.5 Å². The third-order valence-corrected chi connectivity index (χ3v) is 3.50. The Bertz CT molecular complexity index is 843. The number of nitrogens with one attached hydrogen (secondary N) is 1. The van der Waals surface area contributed by atoms with E-state index in [-0.39, 0.29) is 5.92 Å². The van der Waals surface area contributed by atoms with Crippen LogP contribution < -0.4 is 4.74 Å². The van der Waals surface area contributed by atoms with Crippen LogP contribution in [-0.4, -0.2) is 21.7 Å². The molecule has 1 aliphatic heterocycles. The molecule has 1 atom stereocenters. The molecule has 0 bridgehead atoms. The highest BCUT2D eigenvalue weighted by Gasteiger charge is 2.29. The second kappa shape index (κ2) is 4.49. The molecule has 21 heavy (non-hydrogen) atoms.